The first-order chi connectivity index (χ1) is 8.22. The van der Waals surface area contributed by atoms with Crippen LogP contribution in [-0.2, 0) is 19.5 Å². The SMILES string of the molecule is Cc1cccc(CCl)c1OCc1ncnn1C. The van der Waals surface area contributed by atoms with Gasteiger partial charge in [0.25, 0.3) is 0 Å². The van der Waals surface area contributed by atoms with E-state index in [2.05, 4.69) is 10.1 Å². The molecule has 0 fully saturated rings. The van der Waals surface area contributed by atoms with E-state index >= 15 is 0 Å². The van der Waals surface area contributed by atoms with Crippen LogP contribution < -0.4 is 4.74 Å². The van der Waals surface area contributed by atoms with Gasteiger partial charge in [0.1, 0.15) is 18.7 Å². The van der Waals surface area contributed by atoms with E-state index in [1.165, 1.54) is 6.33 Å². The average Bonchev–Trinajstić information content (AvgIpc) is 2.73. The van der Waals surface area contributed by atoms with Crippen molar-refractivity contribution in [3.05, 3.63) is 41.5 Å². The molecule has 90 valence electrons. The number of rotatable bonds is 4. The zero-order valence-electron chi connectivity index (χ0n) is 9.85. The lowest BCUT2D eigenvalue weighted by Gasteiger charge is -2.12. The molecule has 0 aliphatic heterocycles. The van der Waals surface area contributed by atoms with Crippen LogP contribution in [0.3, 0.4) is 0 Å². The molecule has 0 saturated carbocycles. The van der Waals surface area contributed by atoms with Crippen molar-refractivity contribution < 1.29 is 4.74 Å². The molecule has 0 unspecified atom stereocenters. The summed E-state index contributed by atoms with van der Waals surface area (Å²) in [7, 11) is 1.84. The molecule has 0 radical (unpaired) electrons. The maximum Gasteiger partial charge on any atom is 0.164 e. The van der Waals surface area contributed by atoms with Crippen molar-refractivity contribution in [3.63, 3.8) is 0 Å². The second-order valence-electron chi connectivity index (χ2n) is 3.79. The molecule has 0 saturated heterocycles. The third-order valence-electron chi connectivity index (χ3n) is 2.59. The Bertz CT molecular complexity index is 510. The minimum Gasteiger partial charge on any atom is -0.485 e. The van der Waals surface area contributed by atoms with Gasteiger partial charge in [-0.1, -0.05) is 18.2 Å². The fourth-order valence-corrected chi connectivity index (χ4v) is 1.82. The first-order valence-corrected chi connectivity index (χ1v) is 5.86. The molecular weight excluding hydrogens is 238 g/mol. The summed E-state index contributed by atoms with van der Waals surface area (Å²) in [6.45, 7) is 2.40. The zero-order valence-corrected chi connectivity index (χ0v) is 10.6. The Labute approximate surface area is 105 Å². The van der Waals surface area contributed by atoms with Gasteiger partial charge in [-0.25, -0.2) is 4.98 Å². The van der Waals surface area contributed by atoms with E-state index in [1.54, 1.807) is 4.68 Å². The molecule has 0 spiro atoms. The number of benzene rings is 1. The van der Waals surface area contributed by atoms with Crippen LogP contribution in [0.1, 0.15) is 17.0 Å². The summed E-state index contributed by atoms with van der Waals surface area (Å²) in [4.78, 5) is 4.11. The Morgan fingerprint density at radius 3 is 2.88 bits per heavy atom. The molecule has 1 heterocycles. The van der Waals surface area contributed by atoms with Gasteiger partial charge in [0, 0.05) is 12.6 Å². The fraction of sp³-hybridized carbons (Fsp3) is 0.333. The van der Waals surface area contributed by atoms with Gasteiger partial charge in [0.2, 0.25) is 0 Å². The minimum absolute atomic E-state index is 0.394. The van der Waals surface area contributed by atoms with Crippen molar-refractivity contribution in [1.29, 1.82) is 0 Å². The van der Waals surface area contributed by atoms with Gasteiger partial charge in [0.05, 0.1) is 5.88 Å². The Kier molecular flexibility index (Phi) is 3.64. The minimum atomic E-state index is 0.394. The topological polar surface area (TPSA) is 39.9 Å². The maximum atomic E-state index is 5.88. The lowest BCUT2D eigenvalue weighted by molar-refractivity contribution is 0.285. The van der Waals surface area contributed by atoms with Crippen molar-refractivity contribution in [3.8, 4) is 5.75 Å². The number of para-hydroxylation sites is 1. The highest BCUT2D eigenvalue weighted by Gasteiger charge is 2.08. The van der Waals surface area contributed by atoms with Crippen LogP contribution in [0.4, 0.5) is 0 Å². The molecule has 2 aromatic rings. The number of alkyl halides is 1. The molecule has 0 N–H and O–H groups in total. The van der Waals surface area contributed by atoms with Gasteiger partial charge in [-0.2, -0.15) is 5.10 Å². The van der Waals surface area contributed by atoms with Gasteiger partial charge in [0.15, 0.2) is 5.82 Å². The smallest absolute Gasteiger partial charge is 0.164 e. The Hall–Kier alpha value is -1.55. The van der Waals surface area contributed by atoms with Gasteiger partial charge in [-0.15, -0.1) is 11.6 Å². The number of hydrogen-bond acceptors (Lipinski definition) is 3. The predicted molar refractivity (Wildman–Crippen MR) is 66.1 cm³/mol. The number of aryl methyl sites for hydroxylation is 2. The van der Waals surface area contributed by atoms with Crippen LogP contribution in [0.15, 0.2) is 24.5 Å². The van der Waals surface area contributed by atoms with Crippen LogP contribution in [0.2, 0.25) is 0 Å². The third-order valence-corrected chi connectivity index (χ3v) is 2.88. The van der Waals surface area contributed by atoms with E-state index in [0.29, 0.717) is 12.5 Å². The molecule has 5 heteroatoms. The molecular formula is C12H14ClN3O. The number of hydrogen-bond donors (Lipinski definition) is 0. The normalized spacial score (nSPS) is 10.5. The molecule has 0 aliphatic carbocycles. The van der Waals surface area contributed by atoms with Crippen molar-refractivity contribution in [1.82, 2.24) is 14.8 Å². The van der Waals surface area contributed by atoms with E-state index in [-0.39, 0.29) is 0 Å². The summed E-state index contributed by atoms with van der Waals surface area (Å²) in [5.41, 5.74) is 2.07. The first-order valence-electron chi connectivity index (χ1n) is 5.32. The van der Waals surface area contributed by atoms with Gasteiger partial charge < -0.3 is 4.74 Å². The van der Waals surface area contributed by atoms with E-state index < -0.39 is 0 Å². The summed E-state index contributed by atoms with van der Waals surface area (Å²) in [5.74, 6) is 2.06. The lowest BCUT2D eigenvalue weighted by Crippen LogP contribution is -2.06. The summed E-state index contributed by atoms with van der Waals surface area (Å²) < 4.78 is 7.47. The van der Waals surface area contributed by atoms with Crippen LogP contribution in [-0.4, -0.2) is 14.8 Å². The highest BCUT2D eigenvalue weighted by atomic mass is 35.5. The molecule has 0 bridgehead atoms. The van der Waals surface area contributed by atoms with E-state index in [9.17, 15) is 0 Å². The Morgan fingerprint density at radius 1 is 1.41 bits per heavy atom. The number of ether oxygens (including phenoxy) is 1. The average molecular weight is 252 g/mol. The Balaban J connectivity index is 2.16. The van der Waals surface area contributed by atoms with Gasteiger partial charge in [-0.05, 0) is 12.5 Å². The highest BCUT2D eigenvalue weighted by Crippen LogP contribution is 2.25. The van der Waals surface area contributed by atoms with Crippen molar-refractivity contribution in [2.75, 3.05) is 0 Å². The van der Waals surface area contributed by atoms with Crippen molar-refractivity contribution in [2.45, 2.75) is 19.4 Å². The number of aromatic nitrogens is 3. The van der Waals surface area contributed by atoms with Crippen molar-refractivity contribution >= 4 is 11.6 Å². The largest absolute Gasteiger partial charge is 0.485 e. The standard InChI is InChI=1S/C12H14ClN3O/c1-9-4-3-5-10(6-13)12(9)17-7-11-14-8-15-16(11)2/h3-5,8H,6-7H2,1-2H3. The van der Waals surface area contributed by atoms with E-state index in [1.807, 2.05) is 32.2 Å². The molecule has 0 aliphatic rings. The van der Waals surface area contributed by atoms with Crippen LogP contribution in [0.25, 0.3) is 0 Å². The molecule has 1 aromatic carbocycles. The quantitative estimate of drug-likeness (QED) is 0.784. The molecule has 2 rings (SSSR count). The lowest BCUT2D eigenvalue weighted by atomic mass is 10.1. The second kappa shape index (κ2) is 5.19. The summed E-state index contributed by atoms with van der Waals surface area (Å²) in [5, 5.41) is 3.99. The summed E-state index contributed by atoms with van der Waals surface area (Å²) in [6.07, 6.45) is 1.51. The van der Waals surface area contributed by atoms with E-state index in [0.717, 1.165) is 22.7 Å². The highest BCUT2D eigenvalue weighted by molar-refractivity contribution is 6.17. The molecule has 4 nitrogen and oxygen atoms in total. The molecule has 17 heavy (non-hydrogen) atoms. The summed E-state index contributed by atoms with van der Waals surface area (Å²) >= 11 is 5.88. The third kappa shape index (κ3) is 2.58. The summed E-state index contributed by atoms with van der Waals surface area (Å²) in [6, 6.07) is 5.94. The second-order valence-corrected chi connectivity index (χ2v) is 4.05. The Morgan fingerprint density at radius 2 is 2.24 bits per heavy atom. The zero-order chi connectivity index (χ0) is 12.3. The molecule has 0 atom stereocenters. The maximum absolute atomic E-state index is 5.88. The first kappa shape index (κ1) is 11.9. The monoisotopic (exact) mass is 251 g/mol. The number of nitrogens with zero attached hydrogens (tertiary/aromatic N) is 3. The van der Waals surface area contributed by atoms with Crippen LogP contribution in [0, 0.1) is 6.92 Å². The molecule has 0 amide bonds. The van der Waals surface area contributed by atoms with Crippen molar-refractivity contribution in [2.24, 2.45) is 7.05 Å². The molecule has 1 aromatic heterocycles. The van der Waals surface area contributed by atoms with E-state index in [4.69, 9.17) is 16.3 Å². The fourth-order valence-electron chi connectivity index (χ4n) is 1.61. The van der Waals surface area contributed by atoms with Gasteiger partial charge >= 0.3 is 0 Å². The van der Waals surface area contributed by atoms with Crippen LogP contribution >= 0.6 is 11.6 Å². The number of halogens is 1. The predicted octanol–water partition coefficient (Wildman–Crippen LogP) is 2.44. The van der Waals surface area contributed by atoms with Gasteiger partial charge in [-0.3, -0.25) is 4.68 Å². The van der Waals surface area contributed by atoms with Crippen LogP contribution in [0.5, 0.6) is 5.75 Å².